The van der Waals surface area contributed by atoms with Crippen molar-refractivity contribution in [1.29, 1.82) is 0 Å². The third-order valence-electron chi connectivity index (χ3n) is 3.02. The highest BCUT2D eigenvalue weighted by Crippen LogP contribution is 2.21. The van der Waals surface area contributed by atoms with Crippen LogP contribution in [0.3, 0.4) is 0 Å². The van der Waals surface area contributed by atoms with Gasteiger partial charge in [-0.05, 0) is 47.0 Å². The molecular formula is C14H13ClN2S. The summed E-state index contributed by atoms with van der Waals surface area (Å²) in [6, 6.07) is 8.46. The van der Waals surface area contributed by atoms with E-state index in [0.717, 1.165) is 23.4 Å². The molecule has 0 aliphatic rings. The molecule has 0 N–H and O–H groups in total. The molecule has 3 rings (SSSR count). The topological polar surface area (TPSA) is 17.8 Å². The van der Waals surface area contributed by atoms with E-state index in [1.165, 1.54) is 11.1 Å². The van der Waals surface area contributed by atoms with Gasteiger partial charge in [0.05, 0.1) is 23.5 Å². The van der Waals surface area contributed by atoms with Crippen molar-refractivity contribution in [1.82, 2.24) is 9.55 Å². The lowest BCUT2D eigenvalue weighted by Gasteiger charge is -2.06. The van der Waals surface area contributed by atoms with Crippen LogP contribution < -0.4 is 0 Å². The molecule has 0 atom stereocenters. The normalized spacial score (nSPS) is 11.2. The highest BCUT2D eigenvalue weighted by Gasteiger charge is 2.10. The maximum atomic E-state index is 6.00. The second kappa shape index (κ2) is 4.75. The van der Waals surface area contributed by atoms with Crippen LogP contribution in [-0.2, 0) is 12.4 Å². The molecule has 2 aromatic heterocycles. The van der Waals surface area contributed by atoms with E-state index in [1.807, 2.05) is 0 Å². The fraction of sp³-hybridized carbons (Fsp3) is 0.214. The highest BCUT2D eigenvalue weighted by molar-refractivity contribution is 7.07. The van der Waals surface area contributed by atoms with Crippen molar-refractivity contribution in [2.24, 2.45) is 0 Å². The first-order chi connectivity index (χ1) is 8.78. The van der Waals surface area contributed by atoms with Crippen LogP contribution in [0.2, 0.25) is 0 Å². The Morgan fingerprint density at radius 3 is 2.94 bits per heavy atom. The lowest BCUT2D eigenvalue weighted by molar-refractivity contribution is 0.781. The van der Waals surface area contributed by atoms with Crippen molar-refractivity contribution in [2.75, 3.05) is 0 Å². The van der Waals surface area contributed by atoms with Gasteiger partial charge in [0.25, 0.3) is 0 Å². The maximum absolute atomic E-state index is 6.00. The van der Waals surface area contributed by atoms with Gasteiger partial charge in [-0.15, -0.1) is 11.6 Å². The Kier molecular flexibility index (Phi) is 3.10. The average molecular weight is 277 g/mol. The monoisotopic (exact) mass is 276 g/mol. The highest BCUT2D eigenvalue weighted by atomic mass is 35.5. The Morgan fingerprint density at radius 1 is 1.33 bits per heavy atom. The largest absolute Gasteiger partial charge is 0.322 e. The quantitative estimate of drug-likeness (QED) is 0.656. The van der Waals surface area contributed by atoms with E-state index < -0.39 is 0 Å². The summed E-state index contributed by atoms with van der Waals surface area (Å²) in [7, 11) is 0. The van der Waals surface area contributed by atoms with Crippen LogP contribution in [0.15, 0.2) is 35.0 Å². The van der Waals surface area contributed by atoms with Crippen LogP contribution in [0.25, 0.3) is 11.0 Å². The smallest absolute Gasteiger partial charge is 0.125 e. The number of nitrogens with zero attached hydrogens (tertiary/aromatic N) is 2. The molecule has 0 unspecified atom stereocenters. The summed E-state index contributed by atoms with van der Waals surface area (Å²) in [5.41, 5.74) is 4.73. The fourth-order valence-electron chi connectivity index (χ4n) is 2.13. The summed E-state index contributed by atoms with van der Waals surface area (Å²) >= 11 is 7.72. The molecule has 1 aromatic carbocycles. The van der Waals surface area contributed by atoms with Crippen molar-refractivity contribution in [2.45, 2.75) is 19.3 Å². The number of rotatable bonds is 3. The first-order valence-corrected chi connectivity index (χ1v) is 7.28. The zero-order chi connectivity index (χ0) is 12.5. The zero-order valence-electron chi connectivity index (χ0n) is 10.1. The van der Waals surface area contributed by atoms with E-state index in [2.05, 4.69) is 51.5 Å². The molecule has 0 aliphatic heterocycles. The van der Waals surface area contributed by atoms with Gasteiger partial charge in [-0.2, -0.15) is 11.3 Å². The first-order valence-electron chi connectivity index (χ1n) is 5.81. The van der Waals surface area contributed by atoms with E-state index in [4.69, 9.17) is 11.6 Å². The van der Waals surface area contributed by atoms with Crippen molar-refractivity contribution < 1.29 is 0 Å². The zero-order valence-corrected chi connectivity index (χ0v) is 11.6. The summed E-state index contributed by atoms with van der Waals surface area (Å²) in [6.07, 6.45) is 0. The van der Waals surface area contributed by atoms with Crippen molar-refractivity contribution in [3.63, 3.8) is 0 Å². The molecule has 0 saturated carbocycles. The lowest BCUT2D eigenvalue weighted by atomic mass is 10.2. The molecule has 92 valence electrons. The van der Waals surface area contributed by atoms with Gasteiger partial charge in [0, 0.05) is 0 Å². The summed E-state index contributed by atoms with van der Waals surface area (Å²) in [5, 5.41) is 4.26. The van der Waals surface area contributed by atoms with Crippen LogP contribution in [0.4, 0.5) is 0 Å². The number of aromatic nitrogens is 2. The number of alkyl halides is 1. The van der Waals surface area contributed by atoms with Gasteiger partial charge < -0.3 is 4.57 Å². The second-order valence-electron chi connectivity index (χ2n) is 4.37. The van der Waals surface area contributed by atoms with E-state index in [-0.39, 0.29) is 0 Å². The van der Waals surface area contributed by atoms with Gasteiger partial charge >= 0.3 is 0 Å². The van der Waals surface area contributed by atoms with E-state index in [0.29, 0.717) is 5.88 Å². The molecule has 2 heterocycles. The number of imidazole rings is 1. The number of fused-ring (bicyclic) bond motifs is 1. The van der Waals surface area contributed by atoms with Crippen LogP contribution in [0.1, 0.15) is 17.0 Å². The first kappa shape index (κ1) is 11.8. The Morgan fingerprint density at radius 2 is 2.22 bits per heavy atom. The van der Waals surface area contributed by atoms with Gasteiger partial charge in [-0.1, -0.05) is 6.07 Å². The van der Waals surface area contributed by atoms with Crippen molar-refractivity contribution in [3.05, 3.63) is 52.0 Å². The predicted molar refractivity (Wildman–Crippen MR) is 77.4 cm³/mol. The predicted octanol–water partition coefficient (Wildman–Crippen LogP) is 4.19. The summed E-state index contributed by atoms with van der Waals surface area (Å²) in [5.74, 6) is 1.38. The molecule has 0 fully saturated rings. The van der Waals surface area contributed by atoms with Gasteiger partial charge in [0.1, 0.15) is 5.82 Å². The third-order valence-corrected chi connectivity index (χ3v) is 3.99. The minimum atomic E-state index is 0.442. The molecular weight excluding hydrogens is 264 g/mol. The molecule has 0 aliphatic carbocycles. The molecule has 0 amide bonds. The van der Waals surface area contributed by atoms with Crippen LogP contribution in [-0.4, -0.2) is 9.55 Å². The Hall–Kier alpha value is -1.32. The lowest BCUT2D eigenvalue weighted by Crippen LogP contribution is -2.02. The Balaban J connectivity index is 2.15. The number of benzene rings is 1. The number of hydrogen-bond acceptors (Lipinski definition) is 2. The van der Waals surface area contributed by atoms with Crippen molar-refractivity contribution >= 4 is 34.0 Å². The van der Waals surface area contributed by atoms with Gasteiger partial charge in [0.2, 0.25) is 0 Å². The average Bonchev–Trinajstić information content (AvgIpc) is 2.98. The third kappa shape index (κ3) is 2.04. The van der Waals surface area contributed by atoms with Crippen LogP contribution >= 0.6 is 22.9 Å². The molecule has 3 aromatic rings. The molecule has 0 radical (unpaired) electrons. The van der Waals surface area contributed by atoms with E-state index in [1.54, 1.807) is 11.3 Å². The van der Waals surface area contributed by atoms with Gasteiger partial charge in [-0.25, -0.2) is 4.98 Å². The Labute approximate surface area is 115 Å². The molecule has 2 nitrogen and oxygen atoms in total. The molecule has 0 saturated heterocycles. The van der Waals surface area contributed by atoms with E-state index in [9.17, 15) is 0 Å². The summed E-state index contributed by atoms with van der Waals surface area (Å²) in [4.78, 5) is 4.59. The van der Waals surface area contributed by atoms with E-state index >= 15 is 0 Å². The number of aryl methyl sites for hydroxylation is 1. The fourth-order valence-corrected chi connectivity index (χ4v) is 2.99. The van der Waals surface area contributed by atoms with Crippen LogP contribution in [0, 0.1) is 6.92 Å². The summed E-state index contributed by atoms with van der Waals surface area (Å²) in [6.45, 7) is 2.94. The number of hydrogen-bond donors (Lipinski definition) is 0. The maximum Gasteiger partial charge on any atom is 0.125 e. The molecule has 18 heavy (non-hydrogen) atoms. The van der Waals surface area contributed by atoms with Crippen LogP contribution in [0.5, 0.6) is 0 Å². The van der Waals surface area contributed by atoms with Gasteiger partial charge in [-0.3, -0.25) is 0 Å². The van der Waals surface area contributed by atoms with Gasteiger partial charge in [0.15, 0.2) is 0 Å². The molecule has 4 heteroatoms. The SMILES string of the molecule is Cc1ccc2nc(CCl)n(Cc3ccsc3)c2c1. The molecule has 0 bridgehead atoms. The summed E-state index contributed by atoms with van der Waals surface area (Å²) < 4.78 is 2.21. The minimum absolute atomic E-state index is 0.442. The Bertz CT molecular complexity index is 670. The number of halogens is 1. The number of thiophene rings is 1. The molecule has 0 spiro atoms. The minimum Gasteiger partial charge on any atom is -0.322 e. The van der Waals surface area contributed by atoms with Crippen molar-refractivity contribution in [3.8, 4) is 0 Å². The standard InChI is InChI=1S/C14H13ClN2S/c1-10-2-3-12-13(6-10)17(14(7-15)16-12)8-11-4-5-18-9-11/h2-6,9H,7-8H2,1H3. The second-order valence-corrected chi connectivity index (χ2v) is 5.42.